The molecule has 132 valence electrons. The third-order valence-corrected chi connectivity index (χ3v) is 4.04. The third-order valence-electron chi connectivity index (χ3n) is 4.04. The SMILES string of the molecule is COc1ncccc1-c1ccc(CCCC(=O)Nc2cccnc2)cc1. The lowest BCUT2D eigenvalue weighted by Crippen LogP contribution is -2.11. The lowest BCUT2D eigenvalue weighted by molar-refractivity contribution is -0.116. The van der Waals surface area contributed by atoms with Crippen molar-refractivity contribution in [1.29, 1.82) is 0 Å². The summed E-state index contributed by atoms with van der Waals surface area (Å²) in [6, 6.07) is 15.8. The number of ether oxygens (including phenoxy) is 1. The minimum absolute atomic E-state index is 0.00900. The minimum Gasteiger partial charge on any atom is -0.481 e. The number of anilines is 1. The van der Waals surface area contributed by atoms with Gasteiger partial charge in [-0.15, -0.1) is 0 Å². The number of amides is 1. The summed E-state index contributed by atoms with van der Waals surface area (Å²) in [5.41, 5.74) is 3.96. The largest absolute Gasteiger partial charge is 0.481 e. The van der Waals surface area contributed by atoms with Gasteiger partial charge < -0.3 is 10.1 Å². The number of hydrogen-bond donors (Lipinski definition) is 1. The smallest absolute Gasteiger partial charge is 0.224 e. The second-order valence-corrected chi connectivity index (χ2v) is 5.90. The van der Waals surface area contributed by atoms with Crippen LogP contribution < -0.4 is 10.1 Å². The number of rotatable bonds is 7. The number of nitrogens with one attached hydrogen (secondary N) is 1. The molecule has 5 nitrogen and oxygen atoms in total. The summed E-state index contributed by atoms with van der Waals surface area (Å²) in [5, 5.41) is 2.85. The molecule has 1 N–H and O–H groups in total. The van der Waals surface area contributed by atoms with E-state index in [0.717, 1.165) is 29.7 Å². The lowest BCUT2D eigenvalue weighted by Gasteiger charge is -2.08. The average Bonchev–Trinajstić information content (AvgIpc) is 2.69. The summed E-state index contributed by atoms with van der Waals surface area (Å²) >= 11 is 0. The summed E-state index contributed by atoms with van der Waals surface area (Å²) < 4.78 is 5.31. The zero-order chi connectivity index (χ0) is 18.2. The molecule has 0 aliphatic heterocycles. The van der Waals surface area contributed by atoms with E-state index in [0.29, 0.717) is 12.3 Å². The molecule has 0 unspecified atom stereocenters. The van der Waals surface area contributed by atoms with E-state index in [1.165, 1.54) is 5.56 Å². The van der Waals surface area contributed by atoms with Gasteiger partial charge in [0.1, 0.15) is 0 Å². The van der Waals surface area contributed by atoms with E-state index < -0.39 is 0 Å². The van der Waals surface area contributed by atoms with Crippen LogP contribution in [0.2, 0.25) is 0 Å². The van der Waals surface area contributed by atoms with Crippen LogP contribution in [0, 0.1) is 0 Å². The van der Waals surface area contributed by atoms with Crippen molar-refractivity contribution in [3.8, 4) is 17.0 Å². The molecule has 0 atom stereocenters. The van der Waals surface area contributed by atoms with E-state index in [-0.39, 0.29) is 5.91 Å². The highest BCUT2D eigenvalue weighted by Crippen LogP contribution is 2.27. The van der Waals surface area contributed by atoms with Gasteiger partial charge in [0, 0.05) is 24.4 Å². The molecule has 2 aromatic heterocycles. The molecular weight excluding hydrogens is 326 g/mol. The summed E-state index contributed by atoms with van der Waals surface area (Å²) in [5.74, 6) is 0.627. The van der Waals surface area contributed by atoms with Crippen LogP contribution in [0.15, 0.2) is 67.1 Å². The van der Waals surface area contributed by atoms with Gasteiger partial charge in [-0.05, 0) is 48.2 Å². The molecule has 0 bridgehead atoms. The van der Waals surface area contributed by atoms with Gasteiger partial charge in [-0.25, -0.2) is 4.98 Å². The van der Waals surface area contributed by atoms with E-state index in [9.17, 15) is 4.79 Å². The van der Waals surface area contributed by atoms with Crippen molar-refractivity contribution < 1.29 is 9.53 Å². The first-order valence-electron chi connectivity index (χ1n) is 8.54. The Hall–Kier alpha value is -3.21. The van der Waals surface area contributed by atoms with Crippen LogP contribution in [-0.2, 0) is 11.2 Å². The maximum absolute atomic E-state index is 12.0. The number of nitrogens with zero attached hydrogens (tertiary/aromatic N) is 2. The van der Waals surface area contributed by atoms with Gasteiger partial charge in [0.25, 0.3) is 0 Å². The van der Waals surface area contributed by atoms with Crippen molar-refractivity contribution in [2.75, 3.05) is 12.4 Å². The van der Waals surface area contributed by atoms with Crippen LogP contribution in [-0.4, -0.2) is 23.0 Å². The van der Waals surface area contributed by atoms with E-state index >= 15 is 0 Å². The third kappa shape index (κ3) is 4.66. The first kappa shape index (κ1) is 17.6. The van der Waals surface area contributed by atoms with E-state index in [4.69, 9.17) is 4.74 Å². The number of carbonyl (C=O) groups is 1. The van der Waals surface area contributed by atoms with Gasteiger partial charge in [0.2, 0.25) is 11.8 Å². The maximum atomic E-state index is 12.0. The number of aromatic nitrogens is 2. The number of benzene rings is 1. The Balaban J connectivity index is 1.52. The van der Waals surface area contributed by atoms with Gasteiger partial charge in [-0.3, -0.25) is 9.78 Å². The van der Waals surface area contributed by atoms with Crippen molar-refractivity contribution in [2.24, 2.45) is 0 Å². The average molecular weight is 347 g/mol. The number of aryl methyl sites for hydroxylation is 1. The fourth-order valence-electron chi connectivity index (χ4n) is 2.74. The van der Waals surface area contributed by atoms with Crippen molar-refractivity contribution >= 4 is 11.6 Å². The Morgan fingerprint density at radius 1 is 1.08 bits per heavy atom. The summed E-state index contributed by atoms with van der Waals surface area (Å²) in [7, 11) is 1.62. The molecule has 5 heteroatoms. The van der Waals surface area contributed by atoms with Crippen LogP contribution in [0.25, 0.3) is 11.1 Å². The molecule has 0 spiro atoms. The minimum atomic E-state index is 0.00900. The van der Waals surface area contributed by atoms with Gasteiger partial charge >= 0.3 is 0 Å². The Bertz CT molecular complexity index is 849. The standard InChI is InChI=1S/C21H21N3O2/c1-26-21-19(7-4-14-23-21)17-11-9-16(10-12-17)5-2-8-20(25)24-18-6-3-13-22-15-18/h3-4,6-7,9-15H,2,5,8H2,1H3,(H,24,25). The van der Waals surface area contributed by atoms with Crippen molar-refractivity contribution in [2.45, 2.75) is 19.3 Å². The second-order valence-electron chi connectivity index (χ2n) is 5.90. The summed E-state index contributed by atoms with van der Waals surface area (Å²) in [6.07, 6.45) is 7.16. The number of methoxy groups -OCH3 is 1. The van der Waals surface area contributed by atoms with Crippen LogP contribution in [0.5, 0.6) is 5.88 Å². The highest BCUT2D eigenvalue weighted by Gasteiger charge is 2.07. The Morgan fingerprint density at radius 2 is 1.88 bits per heavy atom. The first-order chi connectivity index (χ1) is 12.8. The lowest BCUT2D eigenvalue weighted by atomic mass is 10.0. The maximum Gasteiger partial charge on any atom is 0.224 e. The molecule has 0 radical (unpaired) electrons. The molecule has 0 fully saturated rings. The predicted molar refractivity (Wildman–Crippen MR) is 102 cm³/mol. The molecule has 26 heavy (non-hydrogen) atoms. The molecular formula is C21H21N3O2. The Kier molecular flexibility index (Phi) is 5.93. The molecule has 3 rings (SSSR count). The zero-order valence-electron chi connectivity index (χ0n) is 14.7. The Labute approximate surface area is 153 Å². The van der Waals surface area contributed by atoms with Gasteiger partial charge in [0.15, 0.2) is 0 Å². The number of carbonyl (C=O) groups excluding carboxylic acids is 1. The van der Waals surface area contributed by atoms with E-state index in [1.54, 1.807) is 31.8 Å². The molecule has 0 aliphatic carbocycles. The molecule has 0 saturated heterocycles. The van der Waals surface area contributed by atoms with Crippen molar-refractivity contribution in [1.82, 2.24) is 9.97 Å². The van der Waals surface area contributed by atoms with Crippen LogP contribution in [0.1, 0.15) is 18.4 Å². The number of hydrogen-bond acceptors (Lipinski definition) is 4. The zero-order valence-corrected chi connectivity index (χ0v) is 14.7. The summed E-state index contributed by atoms with van der Waals surface area (Å²) in [6.45, 7) is 0. The fraction of sp³-hybridized carbons (Fsp3) is 0.190. The predicted octanol–water partition coefficient (Wildman–Crippen LogP) is 4.11. The molecule has 0 saturated carbocycles. The molecule has 1 aromatic carbocycles. The van der Waals surface area contributed by atoms with Gasteiger partial charge in [0.05, 0.1) is 19.0 Å². The Morgan fingerprint density at radius 3 is 2.62 bits per heavy atom. The first-order valence-corrected chi connectivity index (χ1v) is 8.54. The van der Waals surface area contributed by atoms with Crippen molar-refractivity contribution in [3.63, 3.8) is 0 Å². The number of pyridine rings is 2. The van der Waals surface area contributed by atoms with Crippen LogP contribution >= 0.6 is 0 Å². The van der Waals surface area contributed by atoms with Crippen molar-refractivity contribution in [3.05, 3.63) is 72.7 Å². The van der Waals surface area contributed by atoms with Crippen LogP contribution in [0.4, 0.5) is 5.69 Å². The van der Waals surface area contributed by atoms with Gasteiger partial charge in [-0.1, -0.05) is 24.3 Å². The van der Waals surface area contributed by atoms with Gasteiger partial charge in [-0.2, -0.15) is 0 Å². The highest BCUT2D eigenvalue weighted by molar-refractivity contribution is 5.90. The normalized spacial score (nSPS) is 10.3. The van der Waals surface area contributed by atoms with Crippen LogP contribution in [0.3, 0.4) is 0 Å². The molecule has 1 amide bonds. The van der Waals surface area contributed by atoms with E-state index in [2.05, 4.69) is 39.6 Å². The molecule has 2 heterocycles. The fourth-order valence-corrected chi connectivity index (χ4v) is 2.74. The highest BCUT2D eigenvalue weighted by atomic mass is 16.5. The topological polar surface area (TPSA) is 64.1 Å². The molecule has 0 aliphatic rings. The quantitative estimate of drug-likeness (QED) is 0.698. The van der Waals surface area contributed by atoms with E-state index in [1.807, 2.05) is 18.2 Å². The summed E-state index contributed by atoms with van der Waals surface area (Å²) in [4.78, 5) is 20.2. The molecule has 3 aromatic rings. The monoisotopic (exact) mass is 347 g/mol. The second kappa shape index (κ2) is 8.76.